The molecule has 38 heavy (non-hydrogen) atoms. The van der Waals surface area contributed by atoms with E-state index in [0.29, 0.717) is 27.2 Å². The lowest BCUT2D eigenvalue weighted by molar-refractivity contribution is -0.128. The minimum absolute atomic E-state index is 0.346. The molecular formula is C29H23Cl2N3O4. The van der Waals surface area contributed by atoms with Crippen LogP contribution in [0.3, 0.4) is 0 Å². The molecule has 3 aliphatic heterocycles. The van der Waals surface area contributed by atoms with E-state index in [4.69, 9.17) is 27.9 Å². The monoisotopic (exact) mass is 547 g/mol. The van der Waals surface area contributed by atoms with Crippen LogP contribution in [0.1, 0.15) is 22.7 Å². The number of carbonyl (C=O) groups excluding carboxylic acids is 3. The fraction of sp³-hybridized carbons (Fsp3) is 0.207. The second kappa shape index (κ2) is 9.19. The lowest BCUT2D eigenvalue weighted by Gasteiger charge is -2.35. The third kappa shape index (κ3) is 3.68. The molecule has 3 aliphatic rings. The largest absolute Gasteiger partial charge is 0.495 e. The summed E-state index contributed by atoms with van der Waals surface area (Å²) in [5.41, 5.74) is 3.39. The first kappa shape index (κ1) is 24.5. The molecular weight excluding hydrogens is 525 g/mol. The van der Waals surface area contributed by atoms with Crippen molar-refractivity contribution in [2.24, 2.45) is 11.8 Å². The zero-order chi connectivity index (χ0) is 26.7. The highest BCUT2D eigenvalue weighted by atomic mass is 35.5. The van der Waals surface area contributed by atoms with Crippen LogP contribution in [-0.2, 0) is 14.4 Å². The Labute approximate surface area is 229 Å². The predicted molar refractivity (Wildman–Crippen MR) is 146 cm³/mol. The van der Waals surface area contributed by atoms with E-state index in [1.165, 1.54) is 12.0 Å². The van der Waals surface area contributed by atoms with Gasteiger partial charge in [-0.05, 0) is 60.0 Å². The maximum absolute atomic E-state index is 14.0. The number of methoxy groups -OCH3 is 1. The van der Waals surface area contributed by atoms with Crippen LogP contribution in [0.4, 0.5) is 11.4 Å². The number of carbonyl (C=O) groups is 3. The summed E-state index contributed by atoms with van der Waals surface area (Å²) in [6, 6.07) is 16.3. The summed E-state index contributed by atoms with van der Waals surface area (Å²) in [4.78, 5) is 45.1. The summed E-state index contributed by atoms with van der Waals surface area (Å²) < 4.78 is 5.40. The first-order valence-electron chi connectivity index (χ1n) is 12.1. The van der Waals surface area contributed by atoms with Crippen LogP contribution in [0.15, 0.2) is 66.9 Å². The van der Waals surface area contributed by atoms with Gasteiger partial charge in [-0.15, -0.1) is 0 Å². The zero-order valence-corrected chi connectivity index (χ0v) is 22.0. The van der Waals surface area contributed by atoms with E-state index in [1.807, 2.05) is 42.2 Å². The van der Waals surface area contributed by atoms with Crippen LogP contribution in [0.2, 0.25) is 10.0 Å². The summed E-state index contributed by atoms with van der Waals surface area (Å²) in [5, 5.41) is 3.73. The number of nitrogens with one attached hydrogen (secondary N) is 1. The Morgan fingerprint density at radius 1 is 0.947 bits per heavy atom. The van der Waals surface area contributed by atoms with Gasteiger partial charge in [-0.25, -0.2) is 4.90 Å². The van der Waals surface area contributed by atoms with Gasteiger partial charge >= 0.3 is 0 Å². The summed E-state index contributed by atoms with van der Waals surface area (Å²) in [5.74, 6) is -2.45. The van der Waals surface area contributed by atoms with E-state index in [9.17, 15) is 14.4 Å². The SMILES string of the molecule is COc1ccc(Cl)cc1NC(=O)[C@@H]1[C@@H]2C(=O)N(c3cc(Cl)ccc3C)C(=O)[C@@H]2[C@@H]2c3ccccc3C=CN12. The number of anilines is 2. The van der Waals surface area contributed by atoms with Crippen molar-refractivity contribution in [3.63, 3.8) is 0 Å². The average molecular weight is 548 g/mol. The zero-order valence-electron chi connectivity index (χ0n) is 20.5. The highest BCUT2D eigenvalue weighted by Crippen LogP contribution is 2.53. The van der Waals surface area contributed by atoms with E-state index in [-0.39, 0.29) is 5.91 Å². The molecule has 7 nitrogen and oxygen atoms in total. The van der Waals surface area contributed by atoms with Gasteiger partial charge in [0.05, 0.1) is 36.4 Å². The first-order valence-corrected chi connectivity index (χ1v) is 12.9. The molecule has 6 rings (SSSR count). The Balaban J connectivity index is 1.46. The number of fused-ring (bicyclic) bond motifs is 5. The number of rotatable bonds is 4. The molecule has 3 aromatic rings. The van der Waals surface area contributed by atoms with Gasteiger partial charge in [-0.3, -0.25) is 14.4 Å². The molecule has 0 aromatic heterocycles. The standard InChI is InChI=1S/C29H23Cl2N3O4/c1-15-7-8-18(31)14-21(15)34-28(36)23-24(29(34)37)26(27(35)32-20-13-17(30)9-10-22(20)38-2)33-12-11-16-5-3-4-6-19(16)25(23)33/h3-14,23-26H,1-2H3,(H,32,35)/t23-,24+,25-,26-/m0/s1. The van der Waals surface area contributed by atoms with Crippen molar-refractivity contribution in [3.8, 4) is 5.75 Å². The lowest BCUT2D eigenvalue weighted by atomic mass is 9.84. The van der Waals surface area contributed by atoms with Crippen LogP contribution in [0.5, 0.6) is 5.75 Å². The molecule has 0 aliphatic carbocycles. The van der Waals surface area contributed by atoms with Gasteiger partial charge in [0.15, 0.2) is 0 Å². The lowest BCUT2D eigenvalue weighted by Crippen LogP contribution is -2.46. The van der Waals surface area contributed by atoms with Crippen molar-refractivity contribution < 1.29 is 19.1 Å². The number of hydrogen-bond acceptors (Lipinski definition) is 5. The molecule has 0 spiro atoms. The molecule has 4 atom stereocenters. The fourth-order valence-corrected chi connectivity index (χ4v) is 6.24. The topological polar surface area (TPSA) is 79.0 Å². The Kier molecular flexibility index (Phi) is 5.93. The number of ether oxygens (including phenoxy) is 1. The number of aryl methyl sites for hydroxylation is 1. The van der Waals surface area contributed by atoms with Gasteiger partial charge in [-0.2, -0.15) is 0 Å². The van der Waals surface area contributed by atoms with Gasteiger partial charge in [-0.1, -0.05) is 53.5 Å². The number of hydrogen-bond donors (Lipinski definition) is 1. The molecule has 9 heteroatoms. The smallest absolute Gasteiger partial charge is 0.248 e. The molecule has 2 fully saturated rings. The van der Waals surface area contributed by atoms with Crippen LogP contribution in [-0.4, -0.2) is 35.8 Å². The molecule has 3 aromatic carbocycles. The van der Waals surface area contributed by atoms with Gasteiger partial charge < -0.3 is 15.0 Å². The predicted octanol–water partition coefficient (Wildman–Crippen LogP) is 5.46. The van der Waals surface area contributed by atoms with Crippen LogP contribution in [0.25, 0.3) is 6.08 Å². The number of nitrogens with zero attached hydrogens (tertiary/aromatic N) is 2. The van der Waals surface area contributed by atoms with Gasteiger partial charge in [0.1, 0.15) is 11.8 Å². The van der Waals surface area contributed by atoms with Crippen molar-refractivity contribution in [3.05, 3.63) is 93.6 Å². The van der Waals surface area contributed by atoms with Crippen molar-refractivity contribution >= 4 is 58.4 Å². The van der Waals surface area contributed by atoms with Crippen molar-refractivity contribution in [2.75, 3.05) is 17.3 Å². The fourth-order valence-electron chi connectivity index (χ4n) is 5.90. The molecule has 1 N–H and O–H groups in total. The Morgan fingerprint density at radius 3 is 2.45 bits per heavy atom. The second-order valence-electron chi connectivity index (χ2n) is 9.61. The molecule has 0 unspecified atom stereocenters. The minimum atomic E-state index is -0.945. The van der Waals surface area contributed by atoms with E-state index >= 15 is 0 Å². The van der Waals surface area contributed by atoms with E-state index in [2.05, 4.69) is 5.32 Å². The highest BCUT2D eigenvalue weighted by molar-refractivity contribution is 6.32. The maximum Gasteiger partial charge on any atom is 0.248 e. The van der Waals surface area contributed by atoms with Gasteiger partial charge in [0.2, 0.25) is 17.7 Å². The number of amides is 3. The molecule has 0 radical (unpaired) electrons. The number of halogens is 2. The Morgan fingerprint density at radius 2 is 1.66 bits per heavy atom. The van der Waals surface area contributed by atoms with E-state index in [0.717, 1.165) is 16.7 Å². The summed E-state index contributed by atoms with van der Waals surface area (Å²) in [6.45, 7) is 1.82. The van der Waals surface area contributed by atoms with Gasteiger partial charge in [0.25, 0.3) is 0 Å². The third-order valence-electron chi connectivity index (χ3n) is 7.56. The minimum Gasteiger partial charge on any atom is -0.495 e. The van der Waals surface area contributed by atoms with Gasteiger partial charge in [0, 0.05) is 16.2 Å². The molecule has 2 saturated heterocycles. The van der Waals surface area contributed by atoms with Crippen molar-refractivity contribution in [1.29, 1.82) is 0 Å². The van der Waals surface area contributed by atoms with Crippen molar-refractivity contribution in [2.45, 2.75) is 19.0 Å². The third-order valence-corrected chi connectivity index (χ3v) is 8.03. The summed E-state index contributed by atoms with van der Waals surface area (Å²) >= 11 is 12.4. The summed E-state index contributed by atoms with van der Waals surface area (Å²) in [7, 11) is 1.50. The first-order chi connectivity index (χ1) is 18.3. The normalized spacial score (nSPS) is 23.3. The highest BCUT2D eigenvalue weighted by Gasteiger charge is 2.64. The quantitative estimate of drug-likeness (QED) is 0.438. The van der Waals surface area contributed by atoms with Crippen molar-refractivity contribution in [1.82, 2.24) is 4.90 Å². The molecule has 0 bridgehead atoms. The molecule has 3 amide bonds. The number of imide groups is 1. The Hall–Kier alpha value is -3.81. The Bertz CT molecular complexity index is 1540. The van der Waals surface area contributed by atoms with Crippen LogP contribution in [0, 0.1) is 18.8 Å². The van der Waals surface area contributed by atoms with Crippen LogP contribution < -0.4 is 15.0 Å². The van der Waals surface area contributed by atoms with E-state index < -0.39 is 35.7 Å². The van der Waals surface area contributed by atoms with E-state index in [1.54, 1.807) is 42.6 Å². The van der Waals surface area contributed by atoms with Crippen LogP contribution >= 0.6 is 23.2 Å². The number of benzene rings is 3. The molecule has 0 saturated carbocycles. The second-order valence-corrected chi connectivity index (χ2v) is 10.5. The maximum atomic E-state index is 14.0. The molecule has 192 valence electrons. The average Bonchev–Trinajstić information content (AvgIpc) is 3.38. The molecule has 3 heterocycles. The summed E-state index contributed by atoms with van der Waals surface area (Å²) in [6.07, 6.45) is 3.71.